The lowest BCUT2D eigenvalue weighted by molar-refractivity contribution is -0.131. The van der Waals surface area contributed by atoms with E-state index in [2.05, 4.69) is 4.98 Å². The predicted molar refractivity (Wildman–Crippen MR) is 87.4 cm³/mol. The van der Waals surface area contributed by atoms with Gasteiger partial charge in [0.1, 0.15) is 0 Å². The number of anilines is 1. The molecule has 2 N–H and O–H groups in total. The molecule has 0 atom stereocenters. The van der Waals surface area contributed by atoms with Crippen LogP contribution in [0, 0.1) is 0 Å². The number of nitrogens with two attached hydrogens (primary N) is 1. The zero-order valence-corrected chi connectivity index (χ0v) is 13.0. The molecule has 3 rings (SSSR count). The lowest BCUT2D eigenvalue weighted by atomic mass is 10.2. The summed E-state index contributed by atoms with van der Waals surface area (Å²) in [6, 6.07) is 11.6. The molecule has 1 aliphatic rings. The Morgan fingerprint density at radius 3 is 2.55 bits per heavy atom. The van der Waals surface area contributed by atoms with Crippen molar-refractivity contribution in [3.8, 4) is 0 Å². The number of carbonyl (C=O) groups excluding carboxylic acids is 1. The molecule has 0 unspecified atom stereocenters. The highest BCUT2D eigenvalue weighted by Crippen LogP contribution is 2.29. The zero-order valence-electron chi connectivity index (χ0n) is 12.2. The Hall–Kier alpha value is -2.07. The third-order valence-electron chi connectivity index (χ3n) is 3.75. The summed E-state index contributed by atoms with van der Waals surface area (Å²) in [5.41, 5.74) is 8.07. The van der Waals surface area contributed by atoms with Crippen molar-refractivity contribution in [1.29, 1.82) is 0 Å². The topological polar surface area (TPSA) is 59.2 Å². The van der Waals surface area contributed by atoms with Crippen molar-refractivity contribution in [3.63, 3.8) is 0 Å². The number of rotatable bonds is 5. The fourth-order valence-corrected chi connectivity index (χ4v) is 2.52. The van der Waals surface area contributed by atoms with E-state index >= 15 is 0 Å². The van der Waals surface area contributed by atoms with Gasteiger partial charge in [0.25, 0.3) is 0 Å². The number of hydrogen-bond donors (Lipinski definition) is 1. The number of carbonyl (C=O) groups is 1. The van der Waals surface area contributed by atoms with Crippen LogP contribution in [0.1, 0.15) is 24.1 Å². The van der Waals surface area contributed by atoms with E-state index in [1.165, 1.54) is 0 Å². The quantitative estimate of drug-likeness (QED) is 0.922. The summed E-state index contributed by atoms with van der Waals surface area (Å²) in [5, 5.41) is 0.708. The van der Waals surface area contributed by atoms with Crippen LogP contribution in [0.3, 0.4) is 0 Å². The average Bonchev–Trinajstić information content (AvgIpc) is 3.33. The highest BCUT2D eigenvalue weighted by atomic mass is 35.5. The molecule has 22 heavy (non-hydrogen) atoms. The number of pyridine rings is 1. The normalized spacial score (nSPS) is 13.9. The van der Waals surface area contributed by atoms with E-state index in [9.17, 15) is 4.79 Å². The first-order valence-electron chi connectivity index (χ1n) is 7.36. The van der Waals surface area contributed by atoms with Crippen LogP contribution < -0.4 is 5.73 Å². The number of hydrogen-bond acceptors (Lipinski definition) is 3. The van der Waals surface area contributed by atoms with Gasteiger partial charge in [0.15, 0.2) is 0 Å². The third kappa shape index (κ3) is 3.77. The molecule has 5 heteroatoms. The number of aromatic nitrogens is 1. The van der Waals surface area contributed by atoms with Crippen LogP contribution in [-0.2, 0) is 17.8 Å². The summed E-state index contributed by atoms with van der Waals surface area (Å²) in [4.78, 5) is 18.7. The molecule has 0 spiro atoms. The molecule has 1 amide bonds. The van der Waals surface area contributed by atoms with Crippen molar-refractivity contribution in [2.24, 2.45) is 0 Å². The molecule has 1 heterocycles. The first-order chi connectivity index (χ1) is 10.6. The fraction of sp³-hybridized carbons (Fsp3) is 0.294. The van der Waals surface area contributed by atoms with Gasteiger partial charge in [0, 0.05) is 23.3 Å². The van der Waals surface area contributed by atoms with Gasteiger partial charge >= 0.3 is 0 Å². The summed E-state index contributed by atoms with van der Waals surface area (Å²) in [7, 11) is 0. The number of halogens is 1. The Bertz CT molecular complexity index is 651. The molecule has 2 aromatic rings. The van der Waals surface area contributed by atoms with Crippen molar-refractivity contribution in [2.75, 3.05) is 5.73 Å². The Labute approximate surface area is 134 Å². The van der Waals surface area contributed by atoms with Gasteiger partial charge < -0.3 is 10.6 Å². The standard InChI is InChI=1S/C17H18ClN3O/c18-13-3-1-12(2-4-13)11-21(16-7-8-16)17(22)9-15-6-5-14(19)10-20-15/h1-6,10,16H,7-9,11,19H2. The molecule has 1 aromatic carbocycles. The fourth-order valence-electron chi connectivity index (χ4n) is 2.39. The van der Waals surface area contributed by atoms with Gasteiger partial charge in [-0.05, 0) is 42.7 Å². The van der Waals surface area contributed by atoms with Crippen LogP contribution in [0.25, 0.3) is 0 Å². The minimum absolute atomic E-state index is 0.106. The Kier molecular flexibility index (Phi) is 4.29. The largest absolute Gasteiger partial charge is 0.397 e. The Balaban J connectivity index is 1.69. The molecule has 1 fully saturated rings. The van der Waals surface area contributed by atoms with Gasteiger partial charge in [-0.25, -0.2) is 0 Å². The number of nitrogens with zero attached hydrogens (tertiary/aromatic N) is 2. The van der Waals surface area contributed by atoms with E-state index in [4.69, 9.17) is 17.3 Å². The van der Waals surface area contributed by atoms with Crippen molar-refractivity contribution in [3.05, 3.63) is 58.9 Å². The van der Waals surface area contributed by atoms with E-state index in [1.54, 1.807) is 18.3 Å². The maximum atomic E-state index is 12.6. The maximum absolute atomic E-state index is 12.6. The summed E-state index contributed by atoms with van der Waals surface area (Å²) in [5.74, 6) is 0.106. The molecule has 1 aliphatic carbocycles. The first-order valence-corrected chi connectivity index (χ1v) is 7.74. The van der Waals surface area contributed by atoms with Gasteiger partial charge in [0.05, 0.1) is 18.3 Å². The molecule has 1 saturated carbocycles. The Morgan fingerprint density at radius 2 is 1.95 bits per heavy atom. The highest BCUT2D eigenvalue weighted by Gasteiger charge is 2.32. The average molecular weight is 316 g/mol. The maximum Gasteiger partial charge on any atom is 0.229 e. The van der Waals surface area contributed by atoms with E-state index in [-0.39, 0.29) is 5.91 Å². The van der Waals surface area contributed by atoms with Crippen LogP contribution in [0.15, 0.2) is 42.6 Å². The van der Waals surface area contributed by atoms with Crippen LogP contribution in [0.4, 0.5) is 5.69 Å². The summed E-state index contributed by atoms with van der Waals surface area (Å²) in [6.45, 7) is 0.621. The van der Waals surface area contributed by atoms with Gasteiger partial charge in [-0.15, -0.1) is 0 Å². The summed E-state index contributed by atoms with van der Waals surface area (Å²) >= 11 is 5.91. The molecule has 0 radical (unpaired) electrons. The van der Waals surface area contributed by atoms with Gasteiger partial charge in [-0.2, -0.15) is 0 Å². The zero-order chi connectivity index (χ0) is 15.5. The van der Waals surface area contributed by atoms with Crippen molar-refractivity contribution in [2.45, 2.75) is 31.8 Å². The van der Waals surface area contributed by atoms with Gasteiger partial charge in [-0.3, -0.25) is 9.78 Å². The van der Waals surface area contributed by atoms with Crippen LogP contribution in [0.5, 0.6) is 0 Å². The number of benzene rings is 1. The summed E-state index contributed by atoms with van der Waals surface area (Å²) in [6.07, 6.45) is 4.05. The van der Waals surface area contributed by atoms with Crippen LogP contribution in [-0.4, -0.2) is 21.8 Å². The van der Waals surface area contributed by atoms with Gasteiger partial charge in [-0.1, -0.05) is 23.7 Å². The number of amides is 1. The molecule has 114 valence electrons. The molecule has 1 aromatic heterocycles. The smallest absolute Gasteiger partial charge is 0.229 e. The lowest BCUT2D eigenvalue weighted by Crippen LogP contribution is -2.34. The van der Waals surface area contributed by atoms with Crippen LogP contribution in [0.2, 0.25) is 5.02 Å². The molecular weight excluding hydrogens is 298 g/mol. The van der Waals surface area contributed by atoms with Crippen molar-refractivity contribution >= 4 is 23.2 Å². The first kappa shape index (κ1) is 14.9. The SMILES string of the molecule is Nc1ccc(CC(=O)N(Cc2ccc(Cl)cc2)C2CC2)nc1. The van der Waals surface area contributed by atoms with E-state index in [0.717, 1.165) is 24.1 Å². The molecule has 4 nitrogen and oxygen atoms in total. The monoisotopic (exact) mass is 315 g/mol. The second kappa shape index (κ2) is 6.36. The lowest BCUT2D eigenvalue weighted by Gasteiger charge is -2.22. The second-order valence-corrected chi connectivity index (χ2v) is 6.08. The molecular formula is C17H18ClN3O. The molecule has 0 saturated heterocycles. The van der Waals surface area contributed by atoms with Crippen molar-refractivity contribution in [1.82, 2.24) is 9.88 Å². The van der Waals surface area contributed by atoms with Crippen LogP contribution >= 0.6 is 11.6 Å². The van der Waals surface area contributed by atoms with Gasteiger partial charge in [0.2, 0.25) is 5.91 Å². The number of nitrogen functional groups attached to an aromatic ring is 1. The van der Waals surface area contributed by atoms with E-state index in [0.29, 0.717) is 29.7 Å². The molecule has 0 bridgehead atoms. The van der Waals surface area contributed by atoms with Crippen molar-refractivity contribution < 1.29 is 4.79 Å². The Morgan fingerprint density at radius 1 is 1.23 bits per heavy atom. The van der Waals surface area contributed by atoms with E-state index < -0.39 is 0 Å². The minimum Gasteiger partial charge on any atom is -0.397 e. The minimum atomic E-state index is 0.106. The third-order valence-corrected chi connectivity index (χ3v) is 4.01. The van der Waals surface area contributed by atoms with E-state index in [1.807, 2.05) is 29.2 Å². The highest BCUT2D eigenvalue weighted by molar-refractivity contribution is 6.30. The second-order valence-electron chi connectivity index (χ2n) is 5.64. The predicted octanol–water partition coefficient (Wildman–Crippen LogP) is 3.05. The summed E-state index contributed by atoms with van der Waals surface area (Å²) < 4.78 is 0. The molecule has 0 aliphatic heterocycles.